The molecule has 3 aliphatic rings. The average molecular weight is 669 g/mol. The lowest BCUT2D eigenvalue weighted by atomic mass is 10.1. The number of rotatable bonds is 2. The van der Waals surface area contributed by atoms with Crippen molar-refractivity contribution in [3.63, 3.8) is 0 Å². The molecule has 6 heterocycles. The van der Waals surface area contributed by atoms with E-state index in [2.05, 4.69) is 15.0 Å². The maximum atomic E-state index is 15.8. The van der Waals surface area contributed by atoms with E-state index in [1.54, 1.807) is 0 Å². The number of hydrogen-bond acceptors (Lipinski definition) is 16. The molecule has 0 spiro atoms. The van der Waals surface area contributed by atoms with Crippen LogP contribution in [0.25, 0.3) is 11.2 Å². The summed E-state index contributed by atoms with van der Waals surface area (Å²) in [7, 11) is 0. The largest absolute Gasteiger partial charge is 0.780 e. The van der Waals surface area contributed by atoms with Crippen molar-refractivity contribution in [2.45, 2.75) is 49.2 Å². The molecule has 3 aromatic rings. The number of ether oxygens (including phenoxy) is 2. The molecule has 0 aromatic carbocycles. The zero-order valence-corrected chi connectivity index (χ0v) is 24.1. The highest BCUT2D eigenvalue weighted by Crippen LogP contribution is 2.54. The van der Waals surface area contributed by atoms with E-state index in [0.717, 1.165) is 18.6 Å². The van der Waals surface area contributed by atoms with E-state index in [0.29, 0.717) is 4.57 Å². The molecule has 0 radical (unpaired) electrons. The monoisotopic (exact) mass is 669 g/mol. The fraction of sp³-hybridized carbons (Fsp3) is 0.526. The number of H-pyrrole nitrogens is 1. The van der Waals surface area contributed by atoms with Gasteiger partial charge in [-0.25, -0.2) is 28.5 Å². The van der Waals surface area contributed by atoms with Crippen LogP contribution in [0.3, 0.4) is 0 Å². The molecule has 3 saturated heterocycles. The summed E-state index contributed by atoms with van der Waals surface area (Å²) in [4.78, 5) is 50.6. The number of alkyl halides is 2. The SMILES string of the molecule is Nc1ncnc2c1ncn2[C@@H]1O[C@@H]2COP(=O)([S-])OC3[C@@H](COP([O-])(=S)OC2[C@@H]1F)O[C@@H](n1ccc(=O)[nH]c1=O)[C@H]3F. The normalized spacial score (nSPS) is 39.3. The van der Waals surface area contributed by atoms with Gasteiger partial charge in [0.2, 0.25) is 0 Å². The third-order valence-corrected chi connectivity index (χ3v) is 9.70. The standard InChI is InChI=1S/C19H21F2N7O10P2S2/c20-10-13-7(35-17(10)27-2-1-9(29)26-19(27)30)3-33-40(32,42)38-14-8(4-34-39(31,41)37-13)36-18(11(14)21)28-6-25-12-15(22)23-5-24-16(12)28/h1-2,5-8,10-11,13-14,17-18H,3-4H2,(H,31,41)(H,32,42)(H2,22,23,24)(H,26,29,30)/p-2/t7-,8-,10+,11+,13?,14?,17-,18-,39?,40?/m1/s1. The van der Waals surface area contributed by atoms with E-state index in [1.165, 1.54) is 10.9 Å². The molecule has 3 N–H and O–H groups in total. The van der Waals surface area contributed by atoms with E-state index in [-0.39, 0.29) is 17.0 Å². The van der Waals surface area contributed by atoms with Crippen LogP contribution in [-0.2, 0) is 56.2 Å². The van der Waals surface area contributed by atoms with Crippen LogP contribution in [-0.4, -0.2) is 79.0 Å². The van der Waals surface area contributed by atoms with Gasteiger partial charge in [-0.1, -0.05) is 11.8 Å². The van der Waals surface area contributed by atoms with Gasteiger partial charge in [0, 0.05) is 12.3 Å². The Morgan fingerprint density at radius 3 is 2.38 bits per heavy atom. The molecule has 3 fully saturated rings. The van der Waals surface area contributed by atoms with Crippen molar-refractivity contribution in [1.82, 2.24) is 29.1 Å². The molecule has 0 bridgehead atoms. The van der Waals surface area contributed by atoms with Gasteiger partial charge in [-0.3, -0.25) is 23.5 Å². The van der Waals surface area contributed by atoms with Crippen LogP contribution in [0.1, 0.15) is 12.5 Å². The van der Waals surface area contributed by atoms with E-state index in [1.807, 2.05) is 4.98 Å². The van der Waals surface area contributed by atoms with Crippen molar-refractivity contribution in [3.05, 3.63) is 45.8 Å². The van der Waals surface area contributed by atoms with Crippen molar-refractivity contribution >= 4 is 54.6 Å². The second-order valence-electron chi connectivity index (χ2n) is 9.25. The van der Waals surface area contributed by atoms with Gasteiger partial charge < -0.3 is 50.4 Å². The van der Waals surface area contributed by atoms with Crippen molar-refractivity contribution in [2.75, 3.05) is 18.9 Å². The minimum Gasteiger partial charge on any atom is -0.780 e. The summed E-state index contributed by atoms with van der Waals surface area (Å²) in [5.41, 5.74) is 4.30. The van der Waals surface area contributed by atoms with Gasteiger partial charge in [0.15, 0.2) is 43.1 Å². The number of hydrogen-bond donors (Lipinski definition) is 2. The van der Waals surface area contributed by atoms with E-state index in [4.69, 9.17) is 57.4 Å². The molecule has 10 atom stereocenters. The summed E-state index contributed by atoms with van der Waals surface area (Å²) in [5, 5.41) is 0. The van der Waals surface area contributed by atoms with Crippen LogP contribution in [0.4, 0.5) is 14.6 Å². The number of nitrogens with one attached hydrogen (secondary N) is 1. The Kier molecular flexibility index (Phi) is 7.89. The minimum absolute atomic E-state index is 0.0254. The quantitative estimate of drug-likeness (QED) is 0.259. The number of nitrogens with two attached hydrogens (primary N) is 1. The summed E-state index contributed by atoms with van der Waals surface area (Å²) >= 11 is 9.90. The number of aromatic nitrogens is 6. The summed E-state index contributed by atoms with van der Waals surface area (Å²) < 4.78 is 78.9. The van der Waals surface area contributed by atoms with E-state index in [9.17, 15) is 19.0 Å². The fourth-order valence-corrected chi connectivity index (χ4v) is 7.57. The number of nitrogen functional groups attached to an aromatic ring is 1. The minimum atomic E-state index is -4.56. The molecule has 4 unspecified atom stereocenters. The number of halogens is 2. The first-order valence-corrected chi connectivity index (χ1v) is 17.1. The lowest BCUT2D eigenvalue weighted by molar-refractivity contribution is -0.217. The first-order valence-electron chi connectivity index (χ1n) is 11.9. The number of anilines is 1. The zero-order valence-electron chi connectivity index (χ0n) is 20.7. The zero-order chi connectivity index (χ0) is 30.0. The van der Waals surface area contributed by atoms with Crippen LogP contribution in [0.2, 0.25) is 0 Å². The van der Waals surface area contributed by atoms with Crippen molar-refractivity contribution in [3.8, 4) is 0 Å². The lowest BCUT2D eigenvalue weighted by Gasteiger charge is -2.36. The second kappa shape index (κ2) is 11.1. The Morgan fingerprint density at radius 1 is 1.05 bits per heavy atom. The maximum Gasteiger partial charge on any atom is 0.330 e. The highest BCUT2D eigenvalue weighted by atomic mass is 32.7. The highest BCUT2D eigenvalue weighted by molar-refractivity contribution is 8.32. The molecule has 6 rings (SSSR count). The molecule has 228 valence electrons. The third-order valence-electron chi connectivity index (χ3n) is 6.62. The molecular weight excluding hydrogens is 650 g/mol. The maximum absolute atomic E-state index is 15.8. The molecule has 17 nitrogen and oxygen atoms in total. The second-order valence-corrected chi connectivity index (χ2v) is 14.7. The molecule has 42 heavy (non-hydrogen) atoms. The van der Waals surface area contributed by atoms with Crippen molar-refractivity contribution in [2.24, 2.45) is 0 Å². The molecule has 0 amide bonds. The summed E-state index contributed by atoms with van der Waals surface area (Å²) in [6, 6.07) is 0.944. The number of fused-ring (bicyclic) bond motifs is 3. The predicted molar refractivity (Wildman–Crippen MR) is 140 cm³/mol. The third kappa shape index (κ3) is 5.59. The van der Waals surface area contributed by atoms with Gasteiger partial charge in [0.05, 0.1) is 19.5 Å². The summed E-state index contributed by atoms with van der Waals surface area (Å²) in [6.07, 6.45) is -10.6. The lowest BCUT2D eigenvalue weighted by Crippen LogP contribution is -2.38. The molecule has 0 aliphatic carbocycles. The van der Waals surface area contributed by atoms with E-state index < -0.39 is 87.2 Å². The van der Waals surface area contributed by atoms with Crippen molar-refractivity contribution in [1.29, 1.82) is 0 Å². The topological polar surface area (TPSA) is 220 Å². The van der Waals surface area contributed by atoms with E-state index >= 15 is 8.78 Å². The first kappa shape index (κ1) is 29.9. The average Bonchev–Trinajstić information content (AvgIpc) is 3.57. The highest BCUT2D eigenvalue weighted by Gasteiger charge is 2.52. The molecule has 3 aromatic heterocycles. The smallest absolute Gasteiger partial charge is 0.330 e. The number of imidazole rings is 1. The predicted octanol–water partition coefficient (Wildman–Crippen LogP) is -0.513. The fourth-order valence-electron chi connectivity index (χ4n) is 4.73. The molecule has 23 heteroatoms. The van der Waals surface area contributed by atoms with Crippen LogP contribution in [0, 0.1) is 0 Å². The van der Waals surface area contributed by atoms with Gasteiger partial charge in [-0.2, -0.15) is 0 Å². The van der Waals surface area contributed by atoms with Gasteiger partial charge in [0.1, 0.15) is 43.0 Å². The molecule has 0 saturated carbocycles. The van der Waals surface area contributed by atoms with Gasteiger partial charge in [-0.05, 0) is 0 Å². The van der Waals surface area contributed by atoms with Gasteiger partial charge in [0.25, 0.3) is 5.56 Å². The Bertz CT molecular complexity index is 1730. The Morgan fingerprint density at radius 2 is 1.69 bits per heavy atom. The molecular formula is C19H19F2N7O10P2S2-2. The van der Waals surface area contributed by atoms with Crippen LogP contribution in [0.5, 0.6) is 0 Å². The van der Waals surface area contributed by atoms with Gasteiger partial charge in [-0.15, -0.1) is 0 Å². The Labute approximate surface area is 243 Å². The van der Waals surface area contributed by atoms with Crippen LogP contribution < -0.4 is 21.9 Å². The molecule has 3 aliphatic heterocycles. The van der Waals surface area contributed by atoms with Crippen LogP contribution >= 0.6 is 13.5 Å². The van der Waals surface area contributed by atoms with Gasteiger partial charge >= 0.3 is 5.69 Å². The van der Waals surface area contributed by atoms with Crippen LogP contribution in [0.15, 0.2) is 34.5 Å². The summed E-state index contributed by atoms with van der Waals surface area (Å²) in [6.45, 7) is -10.6. The number of aromatic amines is 1. The Balaban J connectivity index is 1.28. The van der Waals surface area contributed by atoms with Crippen molar-refractivity contribution < 1.29 is 45.8 Å². The summed E-state index contributed by atoms with van der Waals surface area (Å²) in [5.74, 6) is 0.0254. The number of nitrogens with zero attached hydrogens (tertiary/aromatic N) is 5. The first-order chi connectivity index (χ1) is 19.8. The Hall–Kier alpha value is -2.16.